The molecular weight excluding hydrogens is 445 g/mol. The van der Waals surface area contributed by atoms with Crippen molar-refractivity contribution in [2.45, 2.75) is 52.1 Å². The van der Waals surface area contributed by atoms with Gasteiger partial charge in [-0.15, -0.1) is 0 Å². The van der Waals surface area contributed by atoms with Gasteiger partial charge in [0.05, 0.1) is 23.3 Å². The van der Waals surface area contributed by atoms with Crippen molar-refractivity contribution in [1.82, 2.24) is 20.3 Å². The van der Waals surface area contributed by atoms with Gasteiger partial charge in [0.15, 0.2) is 0 Å². The average molecular weight is 473 g/mol. The smallest absolute Gasteiger partial charge is 0.273 e. The molecule has 1 aliphatic rings. The number of aromatic nitrogens is 3. The van der Waals surface area contributed by atoms with Crippen LogP contribution in [0.2, 0.25) is 0 Å². The van der Waals surface area contributed by atoms with Crippen molar-refractivity contribution >= 4 is 28.4 Å². The molecule has 3 aromatic rings. The van der Waals surface area contributed by atoms with Gasteiger partial charge < -0.3 is 15.5 Å². The third-order valence-electron chi connectivity index (χ3n) is 5.92. The molecule has 0 radical (unpaired) electrons. The SMILES string of the molecule is CC(=O)N[C@H]1CCN(c2cc3c(N[C@H](C)c4cccc(C(C)(F)F)c4F)nc(C)nc3cn2)C1. The van der Waals surface area contributed by atoms with Crippen molar-refractivity contribution in [1.29, 1.82) is 0 Å². The largest absolute Gasteiger partial charge is 0.363 e. The Hall–Kier alpha value is -3.43. The predicted octanol–water partition coefficient (Wildman–Crippen LogP) is 4.47. The first-order valence-electron chi connectivity index (χ1n) is 11.1. The van der Waals surface area contributed by atoms with Crippen LogP contribution < -0.4 is 15.5 Å². The Morgan fingerprint density at radius 2 is 2.06 bits per heavy atom. The lowest BCUT2D eigenvalue weighted by Gasteiger charge is -2.21. The molecule has 0 unspecified atom stereocenters. The van der Waals surface area contributed by atoms with Gasteiger partial charge >= 0.3 is 0 Å². The van der Waals surface area contributed by atoms with Crippen LogP contribution in [-0.4, -0.2) is 40.0 Å². The maximum atomic E-state index is 14.9. The van der Waals surface area contributed by atoms with Crippen LogP contribution in [0.4, 0.5) is 24.8 Å². The van der Waals surface area contributed by atoms with Gasteiger partial charge in [-0.2, -0.15) is 0 Å². The minimum Gasteiger partial charge on any atom is -0.363 e. The summed E-state index contributed by atoms with van der Waals surface area (Å²) in [4.78, 5) is 26.9. The summed E-state index contributed by atoms with van der Waals surface area (Å²) in [6, 6.07) is 5.28. The molecule has 180 valence electrons. The van der Waals surface area contributed by atoms with E-state index in [1.54, 1.807) is 20.0 Å². The molecule has 2 N–H and O–H groups in total. The number of amides is 1. The molecule has 3 heterocycles. The minimum absolute atomic E-state index is 0.0498. The van der Waals surface area contributed by atoms with Crippen LogP contribution in [0.1, 0.15) is 50.2 Å². The fourth-order valence-electron chi connectivity index (χ4n) is 4.30. The Morgan fingerprint density at radius 1 is 1.29 bits per heavy atom. The molecule has 1 amide bonds. The van der Waals surface area contributed by atoms with Gasteiger partial charge in [0.2, 0.25) is 5.91 Å². The van der Waals surface area contributed by atoms with E-state index in [1.165, 1.54) is 19.1 Å². The number of benzene rings is 1. The summed E-state index contributed by atoms with van der Waals surface area (Å²) >= 11 is 0. The van der Waals surface area contributed by atoms with Crippen LogP contribution in [0.25, 0.3) is 10.9 Å². The Bertz CT molecular complexity index is 1230. The maximum Gasteiger partial charge on any atom is 0.273 e. The van der Waals surface area contributed by atoms with E-state index in [-0.39, 0.29) is 17.5 Å². The Labute approximate surface area is 195 Å². The van der Waals surface area contributed by atoms with Crippen molar-refractivity contribution in [3.63, 3.8) is 0 Å². The van der Waals surface area contributed by atoms with Crippen LogP contribution >= 0.6 is 0 Å². The average Bonchev–Trinajstić information content (AvgIpc) is 3.20. The topological polar surface area (TPSA) is 83.0 Å². The molecule has 1 aromatic carbocycles. The zero-order valence-corrected chi connectivity index (χ0v) is 19.5. The highest BCUT2D eigenvalue weighted by atomic mass is 19.3. The number of fused-ring (bicyclic) bond motifs is 1. The van der Waals surface area contributed by atoms with E-state index < -0.39 is 23.3 Å². The van der Waals surface area contributed by atoms with E-state index in [0.717, 1.165) is 19.0 Å². The number of rotatable bonds is 6. The summed E-state index contributed by atoms with van der Waals surface area (Å²) in [6.45, 7) is 6.97. The third kappa shape index (κ3) is 4.90. The van der Waals surface area contributed by atoms with E-state index in [2.05, 4.69) is 30.5 Å². The van der Waals surface area contributed by atoms with Gasteiger partial charge in [0.25, 0.3) is 5.92 Å². The van der Waals surface area contributed by atoms with Gasteiger partial charge in [0.1, 0.15) is 23.3 Å². The lowest BCUT2D eigenvalue weighted by molar-refractivity contribution is -0.119. The number of aryl methyl sites for hydroxylation is 1. The van der Waals surface area contributed by atoms with Gasteiger partial charge in [-0.25, -0.2) is 28.1 Å². The minimum atomic E-state index is -3.29. The fraction of sp³-hybridized carbons (Fsp3) is 0.417. The van der Waals surface area contributed by atoms with Crippen LogP contribution in [-0.2, 0) is 10.7 Å². The number of halogens is 3. The maximum absolute atomic E-state index is 14.9. The zero-order valence-electron chi connectivity index (χ0n) is 19.5. The van der Waals surface area contributed by atoms with Crippen molar-refractivity contribution in [2.24, 2.45) is 0 Å². The van der Waals surface area contributed by atoms with Crippen molar-refractivity contribution in [3.05, 3.63) is 53.2 Å². The summed E-state index contributed by atoms with van der Waals surface area (Å²) in [6.07, 6.45) is 2.46. The first-order valence-corrected chi connectivity index (χ1v) is 11.1. The molecule has 4 rings (SSSR count). The van der Waals surface area contributed by atoms with Gasteiger partial charge in [0, 0.05) is 43.9 Å². The molecule has 0 bridgehead atoms. The quantitative estimate of drug-likeness (QED) is 0.551. The number of hydrogen-bond acceptors (Lipinski definition) is 6. The van der Waals surface area contributed by atoms with Crippen molar-refractivity contribution < 1.29 is 18.0 Å². The summed E-state index contributed by atoms with van der Waals surface area (Å²) < 4.78 is 42.6. The van der Waals surface area contributed by atoms with Crippen molar-refractivity contribution in [2.75, 3.05) is 23.3 Å². The molecule has 34 heavy (non-hydrogen) atoms. The summed E-state index contributed by atoms with van der Waals surface area (Å²) in [5.41, 5.74) is 0.0879. The highest BCUT2D eigenvalue weighted by molar-refractivity contribution is 5.90. The van der Waals surface area contributed by atoms with Crippen LogP contribution in [0.5, 0.6) is 0 Å². The molecule has 0 spiro atoms. The zero-order chi connectivity index (χ0) is 24.6. The van der Waals surface area contributed by atoms with E-state index in [4.69, 9.17) is 0 Å². The van der Waals surface area contributed by atoms with Gasteiger partial charge in [-0.3, -0.25) is 4.79 Å². The van der Waals surface area contributed by atoms with Gasteiger partial charge in [-0.1, -0.05) is 18.2 Å². The molecule has 1 aliphatic heterocycles. The fourth-order valence-corrected chi connectivity index (χ4v) is 4.30. The number of carbonyl (C=O) groups is 1. The summed E-state index contributed by atoms with van der Waals surface area (Å²) in [5, 5.41) is 6.79. The number of nitrogens with one attached hydrogen (secondary N) is 2. The first-order chi connectivity index (χ1) is 16.0. The van der Waals surface area contributed by atoms with E-state index in [1.807, 2.05) is 6.07 Å². The monoisotopic (exact) mass is 472 g/mol. The lowest BCUT2D eigenvalue weighted by atomic mass is 10.0. The second-order valence-corrected chi connectivity index (χ2v) is 8.77. The van der Waals surface area contributed by atoms with Gasteiger partial charge in [-0.05, 0) is 26.3 Å². The molecule has 10 heteroatoms. The van der Waals surface area contributed by atoms with E-state index in [0.29, 0.717) is 41.8 Å². The number of pyridine rings is 1. The summed E-state index contributed by atoms with van der Waals surface area (Å²) in [5.74, 6) is -2.62. The molecule has 2 aromatic heterocycles. The number of carbonyl (C=O) groups excluding carboxylic acids is 1. The highest BCUT2D eigenvalue weighted by Crippen LogP contribution is 2.34. The van der Waals surface area contributed by atoms with Crippen molar-refractivity contribution in [3.8, 4) is 0 Å². The number of anilines is 2. The van der Waals surface area contributed by atoms with E-state index in [9.17, 15) is 18.0 Å². The number of hydrogen-bond donors (Lipinski definition) is 2. The molecule has 1 saturated heterocycles. The van der Waals surface area contributed by atoms with E-state index >= 15 is 0 Å². The van der Waals surface area contributed by atoms with Crippen LogP contribution in [0, 0.1) is 12.7 Å². The first kappa shape index (κ1) is 23.7. The standard InChI is InChI=1S/C24H27F3N6O/c1-13(17-6-5-7-19(22(17)25)24(4,26)27)29-23-18-10-21(28-11-20(18)30-14(2)31-23)33-9-8-16(12-33)32-15(3)34/h5-7,10-11,13,16H,8-9,12H2,1-4H3,(H,32,34)(H,29,30,31)/t13-,16+/m1/s1. The van der Waals surface area contributed by atoms with Crippen LogP contribution in [0.15, 0.2) is 30.5 Å². The summed E-state index contributed by atoms with van der Waals surface area (Å²) in [7, 11) is 0. The second kappa shape index (κ2) is 9.08. The highest BCUT2D eigenvalue weighted by Gasteiger charge is 2.30. The Balaban J connectivity index is 1.65. The second-order valence-electron chi connectivity index (χ2n) is 8.77. The lowest BCUT2D eigenvalue weighted by Crippen LogP contribution is -2.35. The number of alkyl halides is 2. The predicted molar refractivity (Wildman–Crippen MR) is 125 cm³/mol. The third-order valence-corrected chi connectivity index (χ3v) is 5.92. The Kier molecular flexibility index (Phi) is 6.33. The molecular formula is C24H27F3N6O. The molecule has 0 saturated carbocycles. The molecule has 2 atom stereocenters. The van der Waals surface area contributed by atoms with Crippen LogP contribution in [0.3, 0.4) is 0 Å². The number of nitrogens with zero attached hydrogens (tertiary/aromatic N) is 4. The normalized spacial score (nSPS) is 17.1. The molecule has 7 nitrogen and oxygen atoms in total. The molecule has 1 fully saturated rings. The molecule has 0 aliphatic carbocycles. The Morgan fingerprint density at radius 3 is 2.76 bits per heavy atom.